The zero-order valence-corrected chi connectivity index (χ0v) is 16.5. The fourth-order valence-electron chi connectivity index (χ4n) is 2.91. The molecule has 152 valence electrons. The van der Waals surface area contributed by atoms with Crippen LogP contribution in [0.1, 0.15) is 42.9 Å². The quantitative estimate of drug-likeness (QED) is 0.408. The zero-order valence-electron chi connectivity index (χ0n) is 16.5. The Kier molecular flexibility index (Phi) is 6.52. The largest absolute Gasteiger partial charge is 0.429 e. The Morgan fingerprint density at radius 3 is 2.28 bits per heavy atom. The van der Waals surface area contributed by atoms with E-state index in [4.69, 9.17) is 4.74 Å². The molecule has 0 spiro atoms. The fraction of sp³-hybridized carbons (Fsp3) is 0.304. The van der Waals surface area contributed by atoms with Crippen molar-refractivity contribution in [2.75, 3.05) is 0 Å². The van der Waals surface area contributed by atoms with Gasteiger partial charge >= 0.3 is 6.11 Å². The van der Waals surface area contributed by atoms with Crippen molar-refractivity contribution in [2.24, 2.45) is 0 Å². The van der Waals surface area contributed by atoms with Crippen LogP contribution in [-0.2, 0) is 12.5 Å². The van der Waals surface area contributed by atoms with Crippen molar-refractivity contribution in [2.45, 2.75) is 45.6 Å². The Morgan fingerprint density at radius 1 is 0.966 bits per heavy atom. The maximum atomic E-state index is 14.5. The number of aryl methyl sites for hydroxylation is 2. The fourth-order valence-corrected chi connectivity index (χ4v) is 2.91. The van der Waals surface area contributed by atoms with Crippen molar-refractivity contribution in [3.8, 4) is 17.1 Å². The lowest BCUT2D eigenvalue weighted by Crippen LogP contribution is -2.23. The van der Waals surface area contributed by atoms with Crippen molar-refractivity contribution in [3.05, 3.63) is 77.4 Å². The molecule has 0 saturated heterocycles. The molecule has 0 radical (unpaired) electrons. The van der Waals surface area contributed by atoms with Crippen LogP contribution in [0.4, 0.5) is 13.2 Å². The molecule has 1 heterocycles. The predicted octanol–water partition coefficient (Wildman–Crippen LogP) is 6.45. The van der Waals surface area contributed by atoms with Gasteiger partial charge in [-0.25, -0.2) is 14.4 Å². The summed E-state index contributed by atoms with van der Waals surface area (Å²) in [4.78, 5) is 8.48. The van der Waals surface area contributed by atoms with Crippen LogP contribution in [0.25, 0.3) is 11.4 Å². The second-order valence-electron chi connectivity index (χ2n) is 7.00. The number of aromatic nitrogens is 2. The van der Waals surface area contributed by atoms with Gasteiger partial charge < -0.3 is 4.74 Å². The van der Waals surface area contributed by atoms with E-state index in [0.717, 1.165) is 48.9 Å². The van der Waals surface area contributed by atoms with Gasteiger partial charge in [-0.1, -0.05) is 43.5 Å². The lowest BCUT2D eigenvalue weighted by molar-refractivity contribution is -0.187. The number of rotatable bonds is 8. The molecule has 3 nitrogen and oxygen atoms in total. The SMILES string of the molecule is CCCCCc1cnc(-c2ccc(C(F)(F)Oc3ccc(C)cc3)c(F)c2)nc1. The van der Waals surface area contributed by atoms with Crippen LogP contribution in [0.3, 0.4) is 0 Å². The molecule has 3 rings (SSSR count). The van der Waals surface area contributed by atoms with Crippen LogP contribution in [0.2, 0.25) is 0 Å². The molecule has 0 aliphatic carbocycles. The molecular weight excluding hydrogens is 377 g/mol. The van der Waals surface area contributed by atoms with Gasteiger partial charge in [0.15, 0.2) is 5.82 Å². The summed E-state index contributed by atoms with van der Waals surface area (Å²) >= 11 is 0. The highest BCUT2D eigenvalue weighted by Crippen LogP contribution is 2.34. The molecule has 6 heteroatoms. The van der Waals surface area contributed by atoms with Crippen molar-refractivity contribution in [1.82, 2.24) is 9.97 Å². The third kappa shape index (κ3) is 5.34. The van der Waals surface area contributed by atoms with E-state index in [-0.39, 0.29) is 11.6 Å². The lowest BCUT2D eigenvalue weighted by Gasteiger charge is -2.19. The van der Waals surface area contributed by atoms with Gasteiger partial charge in [0, 0.05) is 18.0 Å². The van der Waals surface area contributed by atoms with E-state index >= 15 is 0 Å². The maximum absolute atomic E-state index is 14.5. The number of hydrogen-bond donors (Lipinski definition) is 0. The molecule has 0 aliphatic rings. The molecule has 0 unspecified atom stereocenters. The highest BCUT2D eigenvalue weighted by Gasteiger charge is 2.37. The van der Waals surface area contributed by atoms with Gasteiger partial charge in [-0.3, -0.25) is 0 Å². The third-order valence-electron chi connectivity index (χ3n) is 4.58. The first-order valence-corrected chi connectivity index (χ1v) is 9.64. The highest BCUT2D eigenvalue weighted by atomic mass is 19.3. The summed E-state index contributed by atoms with van der Waals surface area (Å²) < 4.78 is 48.1. The zero-order chi connectivity index (χ0) is 20.9. The first-order valence-electron chi connectivity index (χ1n) is 9.64. The lowest BCUT2D eigenvalue weighted by atomic mass is 10.1. The molecule has 1 aromatic heterocycles. The summed E-state index contributed by atoms with van der Waals surface area (Å²) in [5, 5.41) is 0. The summed E-state index contributed by atoms with van der Waals surface area (Å²) in [5.41, 5.74) is 1.40. The summed E-state index contributed by atoms with van der Waals surface area (Å²) in [5.74, 6) is -0.821. The average Bonchev–Trinajstić information content (AvgIpc) is 2.70. The minimum atomic E-state index is -3.80. The van der Waals surface area contributed by atoms with E-state index in [0.29, 0.717) is 5.56 Å². The van der Waals surface area contributed by atoms with E-state index in [1.165, 1.54) is 18.2 Å². The van der Waals surface area contributed by atoms with Crippen LogP contribution in [0.15, 0.2) is 54.9 Å². The molecule has 0 aliphatic heterocycles. The Hall–Kier alpha value is -2.89. The maximum Gasteiger partial charge on any atom is 0.429 e. The molecule has 0 atom stereocenters. The molecule has 0 saturated carbocycles. The van der Waals surface area contributed by atoms with E-state index in [2.05, 4.69) is 16.9 Å². The van der Waals surface area contributed by atoms with Crippen molar-refractivity contribution in [1.29, 1.82) is 0 Å². The summed E-state index contributed by atoms with van der Waals surface area (Å²) in [6.07, 6.45) is 3.78. The Morgan fingerprint density at radius 2 is 1.66 bits per heavy atom. The van der Waals surface area contributed by atoms with E-state index in [1.54, 1.807) is 24.5 Å². The number of benzene rings is 2. The van der Waals surface area contributed by atoms with Crippen LogP contribution in [-0.4, -0.2) is 9.97 Å². The van der Waals surface area contributed by atoms with Gasteiger partial charge in [0.1, 0.15) is 11.6 Å². The highest BCUT2D eigenvalue weighted by molar-refractivity contribution is 5.55. The van der Waals surface area contributed by atoms with Gasteiger partial charge in [-0.05, 0) is 49.6 Å². The minimum Gasteiger partial charge on any atom is -0.429 e. The van der Waals surface area contributed by atoms with Crippen LogP contribution in [0, 0.1) is 12.7 Å². The standard InChI is InChI=1S/C23H23F3N2O/c1-3-4-5-6-17-14-27-22(28-15-17)18-9-12-20(21(24)13-18)23(25,26)29-19-10-7-16(2)8-11-19/h7-15H,3-6H2,1-2H3. The van der Waals surface area contributed by atoms with Crippen LogP contribution >= 0.6 is 0 Å². The monoisotopic (exact) mass is 400 g/mol. The van der Waals surface area contributed by atoms with Crippen LogP contribution in [0.5, 0.6) is 5.75 Å². The second kappa shape index (κ2) is 9.07. The van der Waals surface area contributed by atoms with E-state index in [9.17, 15) is 13.2 Å². The van der Waals surface area contributed by atoms with Gasteiger partial charge in [-0.2, -0.15) is 8.78 Å². The molecule has 0 bridgehead atoms. The van der Waals surface area contributed by atoms with Crippen molar-refractivity contribution in [3.63, 3.8) is 0 Å². The topological polar surface area (TPSA) is 35.0 Å². The first kappa shape index (κ1) is 20.8. The molecular formula is C23H23F3N2O. The molecule has 29 heavy (non-hydrogen) atoms. The number of halogens is 3. The summed E-state index contributed by atoms with van der Waals surface area (Å²) in [6.45, 7) is 3.97. The predicted molar refractivity (Wildman–Crippen MR) is 106 cm³/mol. The van der Waals surface area contributed by atoms with Gasteiger partial charge in [0.2, 0.25) is 0 Å². The Balaban J connectivity index is 1.76. The number of ether oxygens (including phenoxy) is 1. The molecule has 3 aromatic rings. The van der Waals surface area contributed by atoms with Gasteiger partial charge in [-0.15, -0.1) is 0 Å². The summed E-state index contributed by atoms with van der Waals surface area (Å²) in [7, 11) is 0. The second-order valence-corrected chi connectivity index (χ2v) is 7.00. The molecule has 0 fully saturated rings. The average molecular weight is 400 g/mol. The Labute approximate surface area is 168 Å². The number of hydrogen-bond acceptors (Lipinski definition) is 3. The van der Waals surface area contributed by atoms with Gasteiger partial charge in [0.25, 0.3) is 0 Å². The normalized spacial score (nSPS) is 11.5. The molecule has 0 amide bonds. The molecule has 0 N–H and O–H groups in total. The van der Waals surface area contributed by atoms with Gasteiger partial charge in [0.05, 0.1) is 5.56 Å². The minimum absolute atomic E-state index is 0.0360. The van der Waals surface area contributed by atoms with Crippen molar-refractivity contribution < 1.29 is 17.9 Å². The van der Waals surface area contributed by atoms with Crippen LogP contribution < -0.4 is 4.74 Å². The Bertz CT molecular complexity index is 941. The first-order chi connectivity index (χ1) is 13.9. The van der Waals surface area contributed by atoms with E-state index in [1.807, 2.05) is 6.92 Å². The third-order valence-corrected chi connectivity index (χ3v) is 4.58. The number of alkyl halides is 2. The molecule has 2 aromatic carbocycles. The van der Waals surface area contributed by atoms with Crippen molar-refractivity contribution >= 4 is 0 Å². The number of unbranched alkanes of at least 4 members (excludes halogenated alkanes) is 2. The van der Waals surface area contributed by atoms with E-state index < -0.39 is 17.5 Å². The summed E-state index contributed by atoms with van der Waals surface area (Å²) in [6, 6.07) is 9.53. The smallest absolute Gasteiger partial charge is 0.429 e. The number of nitrogens with zero attached hydrogens (tertiary/aromatic N) is 2.